The molecule has 3 aliphatic rings. The summed E-state index contributed by atoms with van der Waals surface area (Å²) < 4.78 is 11.5. The van der Waals surface area contributed by atoms with E-state index in [4.69, 9.17) is 14.9 Å². The zero-order chi connectivity index (χ0) is 19.4. The van der Waals surface area contributed by atoms with Crippen molar-refractivity contribution in [3.8, 4) is 5.75 Å². The third-order valence-corrected chi connectivity index (χ3v) is 6.81. The Bertz CT molecular complexity index is 1010. The molecule has 6 heteroatoms. The molecule has 3 heterocycles. The summed E-state index contributed by atoms with van der Waals surface area (Å²) in [6, 6.07) is 4.36. The van der Waals surface area contributed by atoms with E-state index in [1.165, 1.54) is 0 Å². The largest absolute Gasteiger partial charge is 0.483 e. The van der Waals surface area contributed by atoms with E-state index in [0.29, 0.717) is 11.3 Å². The highest BCUT2D eigenvalue weighted by Crippen LogP contribution is 2.37. The number of benzene rings is 1. The second-order valence-electron chi connectivity index (χ2n) is 8.41. The molecule has 3 atom stereocenters. The molecule has 148 valence electrons. The van der Waals surface area contributed by atoms with E-state index in [-0.39, 0.29) is 36.3 Å². The van der Waals surface area contributed by atoms with Crippen LogP contribution in [0.1, 0.15) is 48.8 Å². The van der Waals surface area contributed by atoms with Crippen molar-refractivity contribution in [1.82, 2.24) is 4.90 Å². The molecule has 0 unspecified atom stereocenters. The molecule has 2 aliphatic heterocycles. The number of hydrogen-bond acceptors (Lipinski definition) is 5. The Morgan fingerprint density at radius 2 is 2.04 bits per heavy atom. The van der Waals surface area contributed by atoms with Crippen molar-refractivity contribution in [2.24, 2.45) is 5.73 Å². The minimum Gasteiger partial charge on any atom is -0.483 e. The number of fused-ring (bicyclic) bond motifs is 5. The summed E-state index contributed by atoms with van der Waals surface area (Å²) in [6.45, 7) is 1.87. The maximum atomic E-state index is 12.7. The molecule has 2 bridgehead atoms. The number of nitrogens with zero attached hydrogens (tertiary/aromatic N) is 1. The fourth-order valence-electron chi connectivity index (χ4n) is 5.42. The van der Waals surface area contributed by atoms with E-state index >= 15 is 0 Å². The predicted molar refractivity (Wildman–Crippen MR) is 106 cm³/mol. The maximum Gasteiger partial charge on any atom is 0.339 e. The molecule has 1 amide bonds. The molecule has 2 saturated heterocycles. The van der Waals surface area contributed by atoms with Gasteiger partial charge in [0.15, 0.2) is 6.61 Å². The second kappa shape index (κ2) is 6.62. The Labute approximate surface area is 163 Å². The van der Waals surface area contributed by atoms with Crippen LogP contribution >= 0.6 is 0 Å². The molecular weight excluding hydrogens is 356 g/mol. The van der Waals surface area contributed by atoms with Gasteiger partial charge < -0.3 is 19.8 Å². The van der Waals surface area contributed by atoms with E-state index in [1.54, 1.807) is 0 Å². The molecule has 2 N–H and O–H groups in total. The smallest absolute Gasteiger partial charge is 0.339 e. The summed E-state index contributed by atoms with van der Waals surface area (Å²) in [6.07, 6.45) is 6.75. The van der Waals surface area contributed by atoms with Gasteiger partial charge >= 0.3 is 5.63 Å². The summed E-state index contributed by atoms with van der Waals surface area (Å²) in [5.74, 6) is 0.586. The lowest BCUT2D eigenvalue weighted by molar-refractivity contribution is -0.134. The van der Waals surface area contributed by atoms with Crippen molar-refractivity contribution in [3.63, 3.8) is 0 Å². The number of rotatable bonds is 3. The van der Waals surface area contributed by atoms with E-state index in [2.05, 4.69) is 0 Å². The number of amides is 1. The Kier molecular flexibility index (Phi) is 4.19. The number of nitrogens with two attached hydrogens (primary N) is 1. The molecule has 0 radical (unpaired) electrons. The molecule has 28 heavy (non-hydrogen) atoms. The van der Waals surface area contributed by atoms with Gasteiger partial charge in [-0.2, -0.15) is 0 Å². The van der Waals surface area contributed by atoms with E-state index in [0.717, 1.165) is 67.0 Å². The van der Waals surface area contributed by atoms with Crippen LogP contribution in [0.2, 0.25) is 0 Å². The van der Waals surface area contributed by atoms with Gasteiger partial charge in [-0.05, 0) is 69.6 Å². The fraction of sp³-hybridized carbons (Fsp3) is 0.545. The number of aryl methyl sites for hydroxylation is 2. The fourth-order valence-corrected chi connectivity index (χ4v) is 5.42. The van der Waals surface area contributed by atoms with Gasteiger partial charge in [0.25, 0.3) is 5.91 Å². The first kappa shape index (κ1) is 17.7. The van der Waals surface area contributed by atoms with Gasteiger partial charge in [0, 0.05) is 34.6 Å². The number of ether oxygens (including phenoxy) is 1. The third-order valence-electron chi connectivity index (χ3n) is 6.81. The number of carbonyl (C=O) groups is 1. The van der Waals surface area contributed by atoms with Crippen molar-refractivity contribution < 1.29 is 13.9 Å². The first-order chi connectivity index (χ1) is 13.5. The van der Waals surface area contributed by atoms with Crippen LogP contribution in [0.4, 0.5) is 0 Å². The molecule has 1 aromatic carbocycles. The summed E-state index contributed by atoms with van der Waals surface area (Å²) in [5.41, 5.74) is 9.20. The van der Waals surface area contributed by atoms with Gasteiger partial charge in [0.1, 0.15) is 11.3 Å². The highest BCUT2D eigenvalue weighted by molar-refractivity contribution is 5.86. The van der Waals surface area contributed by atoms with Crippen molar-refractivity contribution >= 4 is 16.9 Å². The van der Waals surface area contributed by atoms with E-state index in [1.807, 2.05) is 24.0 Å². The average Bonchev–Trinajstić information content (AvgIpc) is 3.25. The summed E-state index contributed by atoms with van der Waals surface area (Å²) >= 11 is 0. The third kappa shape index (κ3) is 2.65. The molecule has 0 spiro atoms. The quantitative estimate of drug-likeness (QED) is 0.824. The first-order valence-corrected chi connectivity index (χ1v) is 10.3. The zero-order valence-corrected chi connectivity index (χ0v) is 16.2. The van der Waals surface area contributed by atoms with Crippen LogP contribution in [0, 0.1) is 6.92 Å². The van der Waals surface area contributed by atoms with Crippen LogP contribution in [-0.2, 0) is 17.6 Å². The zero-order valence-electron chi connectivity index (χ0n) is 16.2. The summed E-state index contributed by atoms with van der Waals surface area (Å²) in [4.78, 5) is 27.1. The van der Waals surface area contributed by atoms with Gasteiger partial charge in [-0.3, -0.25) is 4.79 Å². The maximum absolute atomic E-state index is 12.7. The van der Waals surface area contributed by atoms with Gasteiger partial charge in [0.05, 0.1) is 0 Å². The summed E-state index contributed by atoms with van der Waals surface area (Å²) in [7, 11) is 0. The first-order valence-electron chi connectivity index (χ1n) is 10.3. The van der Waals surface area contributed by atoms with Gasteiger partial charge in [-0.1, -0.05) is 0 Å². The lowest BCUT2D eigenvalue weighted by atomic mass is 9.90. The monoisotopic (exact) mass is 382 g/mol. The lowest BCUT2D eigenvalue weighted by Gasteiger charge is -2.23. The van der Waals surface area contributed by atoms with Crippen molar-refractivity contribution in [2.75, 3.05) is 6.61 Å². The minimum atomic E-state index is -0.235. The molecule has 5 rings (SSSR count). The molecule has 1 aliphatic carbocycles. The lowest BCUT2D eigenvalue weighted by Crippen LogP contribution is -2.42. The molecule has 2 aromatic rings. The van der Waals surface area contributed by atoms with Gasteiger partial charge in [-0.15, -0.1) is 0 Å². The Hall–Kier alpha value is -2.34. The van der Waals surface area contributed by atoms with Crippen LogP contribution in [0.15, 0.2) is 21.3 Å². The highest BCUT2D eigenvalue weighted by atomic mass is 16.5. The number of carbonyl (C=O) groups excluding carboxylic acids is 1. The van der Waals surface area contributed by atoms with Crippen LogP contribution in [0.5, 0.6) is 5.75 Å². The van der Waals surface area contributed by atoms with Crippen LogP contribution in [0.3, 0.4) is 0 Å². The highest BCUT2D eigenvalue weighted by Gasteiger charge is 2.46. The predicted octanol–water partition coefficient (Wildman–Crippen LogP) is 2.45. The SMILES string of the molecule is Cc1c(OCC(=O)N2[C@@H]3CC[C@H]2[C@H](N)C3)ccc2c3c(c(=O)oc12)CCCC3. The topological polar surface area (TPSA) is 85.8 Å². The standard InChI is InChI=1S/C22H26N2O4/c1-12-19(27-11-20(25)24-13-6-8-18(24)17(23)10-13)9-7-15-14-4-2-3-5-16(14)22(26)28-21(12)15/h7,9,13,17-18H,2-6,8,10-11,23H2,1H3/t13-,17-,18+/m1/s1. The number of hydrogen-bond donors (Lipinski definition) is 1. The van der Waals surface area contributed by atoms with Crippen LogP contribution < -0.4 is 16.1 Å². The second-order valence-corrected chi connectivity index (χ2v) is 8.41. The van der Waals surface area contributed by atoms with Gasteiger partial charge in [0.2, 0.25) is 0 Å². The molecule has 1 aromatic heterocycles. The van der Waals surface area contributed by atoms with Crippen molar-refractivity contribution in [1.29, 1.82) is 0 Å². The molecule has 0 saturated carbocycles. The van der Waals surface area contributed by atoms with E-state index in [9.17, 15) is 9.59 Å². The van der Waals surface area contributed by atoms with Crippen LogP contribution in [0.25, 0.3) is 11.0 Å². The Morgan fingerprint density at radius 3 is 2.75 bits per heavy atom. The molecular formula is C22H26N2O4. The normalized spacial score (nSPS) is 25.9. The molecule has 6 nitrogen and oxygen atoms in total. The van der Waals surface area contributed by atoms with Crippen molar-refractivity contribution in [3.05, 3.63) is 39.2 Å². The Morgan fingerprint density at radius 1 is 1.25 bits per heavy atom. The summed E-state index contributed by atoms with van der Waals surface area (Å²) in [5, 5.41) is 0.994. The minimum absolute atomic E-state index is 0.00756. The van der Waals surface area contributed by atoms with Crippen LogP contribution in [-0.4, -0.2) is 35.5 Å². The Balaban J connectivity index is 1.40. The van der Waals surface area contributed by atoms with Crippen molar-refractivity contribution in [2.45, 2.75) is 70.0 Å². The average molecular weight is 382 g/mol. The van der Waals surface area contributed by atoms with Gasteiger partial charge in [-0.25, -0.2) is 4.79 Å². The van der Waals surface area contributed by atoms with E-state index < -0.39 is 0 Å². The molecule has 2 fully saturated rings.